The summed E-state index contributed by atoms with van der Waals surface area (Å²) in [5.41, 5.74) is 0. The third-order valence-corrected chi connectivity index (χ3v) is 5.50. The van der Waals surface area contributed by atoms with Gasteiger partial charge in [-0.25, -0.2) is 21.6 Å². The van der Waals surface area contributed by atoms with Gasteiger partial charge in [-0.15, -0.1) is 0 Å². The van der Waals surface area contributed by atoms with Gasteiger partial charge in [-0.1, -0.05) is 6.92 Å². The molecule has 9 heteroatoms. The molecule has 0 saturated carbocycles. The van der Waals surface area contributed by atoms with Gasteiger partial charge in [0.15, 0.2) is 0 Å². The summed E-state index contributed by atoms with van der Waals surface area (Å²) in [6.07, 6.45) is 0.571. The van der Waals surface area contributed by atoms with Crippen molar-refractivity contribution in [3.05, 3.63) is 24.3 Å². The molecule has 0 aliphatic carbocycles. The maximum atomic E-state index is 12.1. The van der Waals surface area contributed by atoms with E-state index in [1.54, 1.807) is 0 Å². The zero-order valence-electron chi connectivity index (χ0n) is 11.0. The van der Waals surface area contributed by atoms with Crippen LogP contribution in [0.15, 0.2) is 34.1 Å². The smallest absolute Gasteiger partial charge is 0.261 e. The second kappa shape index (κ2) is 6.86. The lowest BCUT2D eigenvalue weighted by molar-refractivity contribution is 0.173. The number of nitrogens with one attached hydrogen (secondary N) is 1. The quantitative estimate of drug-likeness (QED) is 0.755. The van der Waals surface area contributed by atoms with Crippen LogP contribution in [0.5, 0.6) is 0 Å². The largest absolute Gasteiger partial charge is 0.383 e. The van der Waals surface area contributed by atoms with Gasteiger partial charge in [0.2, 0.25) is 10.0 Å². The van der Waals surface area contributed by atoms with Gasteiger partial charge in [-0.3, -0.25) is 0 Å². The molecule has 0 aliphatic rings. The Labute approximate surface area is 123 Å². The molecule has 1 atom stereocenters. The second-order valence-electron chi connectivity index (χ2n) is 4.09. The lowest BCUT2D eigenvalue weighted by Gasteiger charge is -2.16. The highest BCUT2D eigenvalue weighted by molar-refractivity contribution is 8.13. The van der Waals surface area contributed by atoms with Gasteiger partial charge in [0.05, 0.1) is 16.4 Å². The van der Waals surface area contributed by atoms with E-state index in [1.165, 1.54) is 19.2 Å². The highest BCUT2D eigenvalue weighted by Gasteiger charge is 2.20. The molecule has 0 aromatic heterocycles. The highest BCUT2D eigenvalue weighted by Crippen LogP contribution is 2.18. The average Bonchev–Trinajstić information content (AvgIpc) is 2.37. The van der Waals surface area contributed by atoms with Gasteiger partial charge in [0, 0.05) is 23.8 Å². The van der Waals surface area contributed by atoms with Crippen LogP contribution in [-0.4, -0.2) is 36.6 Å². The van der Waals surface area contributed by atoms with Crippen LogP contribution in [0.25, 0.3) is 0 Å². The van der Waals surface area contributed by atoms with E-state index >= 15 is 0 Å². The molecule has 114 valence electrons. The Kier molecular flexibility index (Phi) is 5.96. The van der Waals surface area contributed by atoms with Crippen molar-refractivity contribution in [1.82, 2.24) is 4.72 Å². The molecule has 0 aliphatic heterocycles. The van der Waals surface area contributed by atoms with Crippen molar-refractivity contribution in [2.24, 2.45) is 0 Å². The molecule has 0 amide bonds. The Bertz CT molecular complexity index is 640. The number of ether oxygens (including phenoxy) is 1. The molecule has 6 nitrogen and oxygen atoms in total. The zero-order valence-corrected chi connectivity index (χ0v) is 13.4. The third-order valence-electron chi connectivity index (χ3n) is 2.60. The van der Waals surface area contributed by atoms with Crippen LogP contribution in [-0.2, 0) is 23.8 Å². The van der Waals surface area contributed by atoms with Crippen molar-refractivity contribution in [3.63, 3.8) is 0 Å². The predicted octanol–water partition coefficient (Wildman–Crippen LogP) is 1.32. The van der Waals surface area contributed by atoms with Gasteiger partial charge in [-0.05, 0) is 30.7 Å². The van der Waals surface area contributed by atoms with Crippen molar-refractivity contribution >= 4 is 29.8 Å². The minimum atomic E-state index is -3.86. The van der Waals surface area contributed by atoms with Crippen molar-refractivity contribution in [1.29, 1.82) is 0 Å². The molecular weight excluding hydrogens is 326 g/mol. The standard InChI is InChI=1S/C11H16ClNO5S2/c1-3-9(8-18-2)13-20(16,17)11-6-4-10(5-7-11)19(12,14)15/h4-7,9,13H,3,8H2,1-2H3. The van der Waals surface area contributed by atoms with Crippen LogP contribution >= 0.6 is 10.7 Å². The van der Waals surface area contributed by atoms with E-state index in [9.17, 15) is 16.8 Å². The van der Waals surface area contributed by atoms with E-state index in [0.29, 0.717) is 6.42 Å². The van der Waals surface area contributed by atoms with E-state index < -0.39 is 19.1 Å². The molecular formula is C11H16ClNO5S2. The Morgan fingerprint density at radius 1 is 1.15 bits per heavy atom. The normalized spacial score (nSPS) is 14.2. The molecule has 20 heavy (non-hydrogen) atoms. The molecule has 1 rings (SSSR count). The molecule has 1 N–H and O–H groups in total. The first-order valence-corrected chi connectivity index (χ1v) is 9.56. The first kappa shape index (κ1) is 17.4. The summed E-state index contributed by atoms with van der Waals surface area (Å²) < 4.78 is 53.8. The summed E-state index contributed by atoms with van der Waals surface area (Å²) in [7, 11) is -0.941. The molecule has 0 radical (unpaired) electrons. The Hall–Kier alpha value is -0.670. The number of benzene rings is 1. The lowest BCUT2D eigenvalue weighted by Crippen LogP contribution is -2.37. The summed E-state index contributed by atoms with van der Waals surface area (Å²) in [6, 6.07) is 4.33. The fourth-order valence-electron chi connectivity index (χ4n) is 1.51. The Balaban J connectivity index is 2.99. The highest BCUT2D eigenvalue weighted by atomic mass is 35.7. The minimum Gasteiger partial charge on any atom is -0.383 e. The third kappa shape index (κ3) is 4.71. The molecule has 1 unspecified atom stereocenters. The maximum Gasteiger partial charge on any atom is 0.261 e. The Morgan fingerprint density at radius 2 is 1.65 bits per heavy atom. The van der Waals surface area contributed by atoms with Crippen molar-refractivity contribution in [2.75, 3.05) is 13.7 Å². The minimum absolute atomic E-state index is 0.0314. The van der Waals surface area contributed by atoms with E-state index in [2.05, 4.69) is 4.72 Å². The van der Waals surface area contributed by atoms with Crippen molar-refractivity contribution in [2.45, 2.75) is 29.2 Å². The number of sulfonamides is 1. The van der Waals surface area contributed by atoms with Gasteiger partial charge in [0.1, 0.15) is 0 Å². The van der Waals surface area contributed by atoms with Crippen LogP contribution < -0.4 is 4.72 Å². The zero-order chi connectivity index (χ0) is 15.4. The van der Waals surface area contributed by atoms with Gasteiger partial charge >= 0.3 is 0 Å². The fraction of sp³-hybridized carbons (Fsp3) is 0.455. The molecule has 0 fully saturated rings. The number of hydrogen-bond acceptors (Lipinski definition) is 5. The SMILES string of the molecule is CCC(COC)NS(=O)(=O)c1ccc(S(=O)(=O)Cl)cc1. The van der Waals surface area contributed by atoms with E-state index in [4.69, 9.17) is 15.4 Å². The number of rotatable bonds is 7. The molecule has 0 bridgehead atoms. The van der Waals surface area contributed by atoms with Crippen LogP contribution in [0.1, 0.15) is 13.3 Å². The van der Waals surface area contributed by atoms with Crippen LogP contribution in [0.2, 0.25) is 0 Å². The van der Waals surface area contributed by atoms with Crippen LogP contribution in [0.4, 0.5) is 0 Å². The summed E-state index contributed by atoms with van der Waals surface area (Å²) >= 11 is 0. The fourth-order valence-corrected chi connectivity index (χ4v) is 3.58. The summed E-state index contributed by atoms with van der Waals surface area (Å²) in [6.45, 7) is 2.08. The van der Waals surface area contributed by atoms with Crippen molar-refractivity contribution in [3.8, 4) is 0 Å². The predicted molar refractivity (Wildman–Crippen MR) is 75.8 cm³/mol. The van der Waals surface area contributed by atoms with Crippen LogP contribution in [0.3, 0.4) is 0 Å². The summed E-state index contributed by atoms with van der Waals surface area (Å²) in [5, 5.41) is 0. The Morgan fingerprint density at radius 3 is 2.05 bits per heavy atom. The van der Waals surface area contributed by atoms with Gasteiger partial charge in [0.25, 0.3) is 9.05 Å². The van der Waals surface area contributed by atoms with Gasteiger partial charge in [-0.2, -0.15) is 0 Å². The maximum absolute atomic E-state index is 12.1. The second-order valence-corrected chi connectivity index (χ2v) is 8.37. The molecule has 0 heterocycles. The topological polar surface area (TPSA) is 89.5 Å². The molecule has 0 spiro atoms. The molecule has 1 aromatic rings. The number of halogens is 1. The van der Waals surface area contributed by atoms with E-state index in [-0.39, 0.29) is 22.4 Å². The molecule has 1 aromatic carbocycles. The number of hydrogen-bond donors (Lipinski definition) is 1. The van der Waals surface area contributed by atoms with E-state index in [0.717, 1.165) is 12.1 Å². The molecule has 0 saturated heterocycles. The summed E-state index contributed by atoms with van der Waals surface area (Å²) in [4.78, 5) is -0.182. The van der Waals surface area contributed by atoms with Gasteiger partial charge < -0.3 is 4.74 Å². The monoisotopic (exact) mass is 341 g/mol. The average molecular weight is 342 g/mol. The first-order valence-electron chi connectivity index (χ1n) is 5.76. The van der Waals surface area contributed by atoms with Crippen molar-refractivity contribution < 1.29 is 21.6 Å². The lowest BCUT2D eigenvalue weighted by atomic mass is 10.3. The van der Waals surface area contributed by atoms with E-state index in [1.807, 2.05) is 6.92 Å². The van der Waals surface area contributed by atoms with Crippen LogP contribution in [0, 0.1) is 0 Å². The number of methoxy groups -OCH3 is 1. The first-order chi connectivity index (χ1) is 9.20. The summed E-state index contributed by atoms with van der Waals surface area (Å²) in [5.74, 6) is 0.